The van der Waals surface area contributed by atoms with Crippen molar-refractivity contribution >= 4 is 17.5 Å². The maximum absolute atomic E-state index is 12.6. The van der Waals surface area contributed by atoms with Crippen molar-refractivity contribution in [2.75, 3.05) is 27.1 Å². The quantitative estimate of drug-likeness (QED) is 0.424. The highest BCUT2D eigenvalue weighted by atomic mass is 32.2. The predicted molar refractivity (Wildman–Crippen MR) is 108 cm³/mol. The Morgan fingerprint density at radius 3 is 2.32 bits per heavy atom. The standard InChI is InChI=1S/C20H21N3O4S/c1-23-19(13-5-8-15(25-2)9-6-13)21-22-20(23)28-12-16(24)14-7-10-17(26-3)18(11-14)27-4/h5-11H,12H2,1-4H3. The minimum atomic E-state index is -0.0278. The van der Waals surface area contributed by atoms with Crippen LogP contribution in [0.15, 0.2) is 47.6 Å². The first-order chi connectivity index (χ1) is 13.6. The van der Waals surface area contributed by atoms with E-state index in [-0.39, 0.29) is 11.5 Å². The Labute approximate surface area is 167 Å². The van der Waals surface area contributed by atoms with Gasteiger partial charge in [-0.15, -0.1) is 10.2 Å². The molecule has 0 fully saturated rings. The Kier molecular flexibility index (Phi) is 6.20. The summed E-state index contributed by atoms with van der Waals surface area (Å²) < 4.78 is 17.5. The van der Waals surface area contributed by atoms with Gasteiger partial charge in [0.25, 0.3) is 0 Å². The van der Waals surface area contributed by atoms with Gasteiger partial charge in [-0.3, -0.25) is 4.79 Å². The average molecular weight is 399 g/mol. The number of thioether (sulfide) groups is 1. The van der Waals surface area contributed by atoms with Gasteiger partial charge in [-0.05, 0) is 42.5 Å². The third-order valence-corrected chi connectivity index (χ3v) is 5.24. The number of carbonyl (C=O) groups is 1. The lowest BCUT2D eigenvalue weighted by Crippen LogP contribution is -2.05. The van der Waals surface area contributed by atoms with Crippen molar-refractivity contribution in [1.82, 2.24) is 14.8 Å². The van der Waals surface area contributed by atoms with Gasteiger partial charge in [0, 0.05) is 18.2 Å². The lowest BCUT2D eigenvalue weighted by atomic mass is 10.1. The van der Waals surface area contributed by atoms with Gasteiger partial charge in [-0.1, -0.05) is 11.8 Å². The number of nitrogens with zero attached hydrogens (tertiary/aromatic N) is 3. The van der Waals surface area contributed by atoms with Crippen LogP contribution in [0.1, 0.15) is 10.4 Å². The Bertz CT molecular complexity index is 970. The lowest BCUT2D eigenvalue weighted by molar-refractivity contribution is 0.102. The summed E-state index contributed by atoms with van der Waals surface area (Å²) in [5.41, 5.74) is 1.48. The molecule has 146 valence electrons. The molecule has 0 radical (unpaired) electrons. The molecule has 0 aliphatic rings. The minimum Gasteiger partial charge on any atom is -0.497 e. The number of hydrogen-bond donors (Lipinski definition) is 0. The van der Waals surface area contributed by atoms with Crippen molar-refractivity contribution < 1.29 is 19.0 Å². The number of aromatic nitrogens is 3. The second kappa shape index (κ2) is 8.79. The Balaban J connectivity index is 1.71. The van der Waals surface area contributed by atoms with E-state index in [4.69, 9.17) is 14.2 Å². The zero-order valence-corrected chi connectivity index (χ0v) is 16.9. The monoisotopic (exact) mass is 399 g/mol. The third-order valence-electron chi connectivity index (χ3n) is 4.22. The van der Waals surface area contributed by atoms with Crippen molar-refractivity contribution in [2.24, 2.45) is 7.05 Å². The minimum absolute atomic E-state index is 0.0278. The van der Waals surface area contributed by atoms with Crippen molar-refractivity contribution in [3.8, 4) is 28.6 Å². The fourth-order valence-corrected chi connectivity index (χ4v) is 3.46. The van der Waals surface area contributed by atoms with Crippen LogP contribution >= 0.6 is 11.8 Å². The van der Waals surface area contributed by atoms with Gasteiger partial charge in [0.1, 0.15) is 5.75 Å². The molecule has 0 aliphatic carbocycles. The van der Waals surface area contributed by atoms with Gasteiger partial charge in [0.05, 0.1) is 27.1 Å². The van der Waals surface area contributed by atoms with Crippen molar-refractivity contribution in [1.29, 1.82) is 0 Å². The van der Waals surface area contributed by atoms with Crippen LogP contribution in [0.3, 0.4) is 0 Å². The molecule has 0 atom stereocenters. The smallest absolute Gasteiger partial charge is 0.191 e. The molecule has 0 bridgehead atoms. The Morgan fingerprint density at radius 2 is 1.68 bits per heavy atom. The maximum atomic E-state index is 12.6. The molecule has 0 aliphatic heterocycles. The number of Topliss-reactive ketones (excluding diaryl/α,β-unsaturated/α-hetero) is 1. The number of ether oxygens (including phenoxy) is 3. The van der Waals surface area contributed by atoms with Crippen molar-refractivity contribution in [3.05, 3.63) is 48.0 Å². The van der Waals surface area contributed by atoms with Crippen LogP contribution in [0.5, 0.6) is 17.2 Å². The summed E-state index contributed by atoms with van der Waals surface area (Å²) >= 11 is 1.34. The molecule has 0 unspecified atom stereocenters. The summed E-state index contributed by atoms with van der Waals surface area (Å²) in [5.74, 6) is 2.83. The summed E-state index contributed by atoms with van der Waals surface area (Å²) in [6, 6.07) is 12.7. The van der Waals surface area contributed by atoms with Crippen LogP contribution in [0.2, 0.25) is 0 Å². The largest absolute Gasteiger partial charge is 0.497 e. The number of methoxy groups -OCH3 is 3. The first-order valence-corrected chi connectivity index (χ1v) is 9.47. The zero-order valence-electron chi connectivity index (χ0n) is 16.1. The first-order valence-electron chi connectivity index (χ1n) is 8.49. The molecule has 0 spiro atoms. The Morgan fingerprint density at radius 1 is 0.964 bits per heavy atom. The van der Waals surface area contributed by atoms with Gasteiger partial charge in [-0.25, -0.2) is 0 Å². The predicted octanol–water partition coefficient (Wildman–Crippen LogP) is 3.48. The average Bonchev–Trinajstić information content (AvgIpc) is 3.11. The second-order valence-electron chi connectivity index (χ2n) is 5.88. The highest BCUT2D eigenvalue weighted by Gasteiger charge is 2.15. The molecule has 1 aromatic heterocycles. The highest BCUT2D eigenvalue weighted by molar-refractivity contribution is 7.99. The number of hydrogen-bond acceptors (Lipinski definition) is 7. The number of rotatable bonds is 8. The number of benzene rings is 2. The molecule has 0 amide bonds. The molecule has 7 nitrogen and oxygen atoms in total. The van der Waals surface area contributed by atoms with E-state index in [9.17, 15) is 4.79 Å². The van der Waals surface area contributed by atoms with Crippen LogP contribution in [0, 0.1) is 0 Å². The van der Waals surface area contributed by atoms with Crippen LogP contribution < -0.4 is 14.2 Å². The molecule has 0 N–H and O–H groups in total. The SMILES string of the molecule is COc1ccc(-c2nnc(SCC(=O)c3ccc(OC)c(OC)c3)n2C)cc1. The zero-order chi connectivity index (χ0) is 20.1. The van der Waals surface area contributed by atoms with Crippen LogP contribution in [0.25, 0.3) is 11.4 Å². The summed E-state index contributed by atoms with van der Waals surface area (Å²) in [6.45, 7) is 0. The van der Waals surface area contributed by atoms with E-state index in [0.717, 1.165) is 17.1 Å². The number of carbonyl (C=O) groups excluding carboxylic acids is 1. The fourth-order valence-electron chi connectivity index (χ4n) is 2.66. The molecule has 0 saturated heterocycles. The lowest BCUT2D eigenvalue weighted by Gasteiger charge is -2.09. The molecule has 28 heavy (non-hydrogen) atoms. The van der Waals surface area contributed by atoms with E-state index >= 15 is 0 Å². The van der Waals surface area contributed by atoms with Crippen LogP contribution in [-0.4, -0.2) is 47.6 Å². The third kappa shape index (κ3) is 4.12. The van der Waals surface area contributed by atoms with Crippen LogP contribution in [-0.2, 0) is 7.05 Å². The van der Waals surface area contributed by atoms with E-state index in [2.05, 4.69) is 10.2 Å². The van der Waals surface area contributed by atoms with Gasteiger partial charge in [0.15, 0.2) is 28.3 Å². The molecular weight excluding hydrogens is 378 g/mol. The highest BCUT2D eigenvalue weighted by Crippen LogP contribution is 2.29. The Hall–Kier alpha value is -3.00. The molecular formula is C20H21N3O4S. The van der Waals surface area contributed by atoms with Gasteiger partial charge in [0.2, 0.25) is 0 Å². The van der Waals surface area contributed by atoms with E-state index in [1.165, 1.54) is 11.8 Å². The topological polar surface area (TPSA) is 75.5 Å². The molecule has 3 rings (SSSR count). The van der Waals surface area contributed by atoms with E-state index in [0.29, 0.717) is 22.2 Å². The van der Waals surface area contributed by atoms with Gasteiger partial charge in [-0.2, -0.15) is 0 Å². The normalized spacial score (nSPS) is 10.6. The van der Waals surface area contributed by atoms with Crippen LogP contribution in [0.4, 0.5) is 0 Å². The summed E-state index contributed by atoms with van der Waals surface area (Å²) in [4.78, 5) is 12.6. The summed E-state index contributed by atoms with van der Waals surface area (Å²) in [5, 5.41) is 9.12. The van der Waals surface area contributed by atoms with Crippen molar-refractivity contribution in [2.45, 2.75) is 5.16 Å². The fraction of sp³-hybridized carbons (Fsp3) is 0.250. The first kappa shape index (κ1) is 19.8. The molecule has 8 heteroatoms. The maximum Gasteiger partial charge on any atom is 0.191 e. The summed E-state index contributed by atoms with van der Waals surface area (Å²) in [6.07, 6.45) is 0. The molecule has 1 heterocycles. The summed E-state index contributed by atoms with van der Waals surface area (Å²) in [7, 11) is 6.61. The van der Waals surface area contributed by atoms with Crippen molar-refractivity contribution in [3.63, 3.8) is 0 Å². The van der Waals surface area contributed by atoms with E-state index in [1.54, 1.807) is 39.5 Å². The number of ketones is 1. The molecule has 0 saturated carbocycles. The second-order valence-corrected chi connectivity index (χ2v) is 6.82. The molecule has 3 aromatic rings. The van der Waals surface area contributed by atoms with E-state index < -0.39 is 0 Å². The van der Waals surface area contributed by atoms with Gasteiger partial charge >= 0.3 is 0 Å². The van der Waals surface area contributed by atoms with E-state index in [1.807, 2.05) is 35.9 Å². The van der Waals surface area contributed by atoms with Gasteiger partial charge < -0.3 is 18.8 Å². The molecule has 2 aromatic carbocycles.